The molecule has 0 atom stereocenters. The van der Waals surface area contributed by atoms with Crippen LogP contribution < -0.4 is 0 Å². The molecule has 0 aromatic heterocycles. The molecule has 0 saturated heterocycles. The normalized spacial score (nSPS) is 11.7. The molecular weight excluding hydrogens is 174 g/mol. The molecular formula is C6H6F2O2S. The van der Waals surface area contributed by atoms with Gasteiger partial charge in [0.1, 0.15) is 0 Å². The summed E-state index contributed by atoms with van der Waals surface area (Å²) in [6.07, 6.45) is -2.42. The zero-order valence-corrected chi connectivity index (χ0v) is 6.28. The second-order valence-electron chi connectivity index (χ2n) is 1.73. The van der Waals surface area contributed by atoms with Gasteiger partial charge in [0.05, 0.1) is 0 Å². The molecule has 0 fully saturated rings. The van der Waals surface area contributed by atoms with Crippen molar-refractivity contribution in [3.63, 3.8) is 0 Å². The van der Waals surface area contributed by atoms with Gasteiger partial charge in [-0.15, -0.1) is 0 Å². The Bertz CT molecular complexity index is 189. The summed E-state index contributed by atoms with van der Waals surface area (Å²) >= 11 is 4.29. The fourth-order valence-electron chi connectivity index (χ4n) is 0.475. The van der Waals surface area contributed by atoms with Gasteiger partial charge in [-0.2, -0.15) is 0 Å². The number of halogens is 2. The summed E-state index contributed by atoms with van der Waals surface area (Å²) < 4.78 is 23.2. The molecule has 62 valence electrons. The first-order valence-electron chi connectivity index (χ1n) is 2.73. The number of carbonyl (C=O) groups is 1. The van der Waals surface area contributed by atoms with Crippen LogP contribution in [-0.4, -0.2) is 22.9 Å². The third-order valence-electron chi connectivity index (χ3n) is 0.918. The average Bonchev–Trinajstić information content (AvgIpc) is 1.86. The van der Waals surface area contributed by atoms with E-state index >= 15 is 0 Å². The summed E-state index contributed by atoms with van der Waals surface area (Å²) in [6.45, 7) is 0. The van der Waals surface area contributed by atoms with Crippen LogP contribution >= 0.6 is 12.2 Å². The van der Waals surface area contributed by atoms with Gasteiger partial charge in [0.25, 0.3) is 0 Å². The van der Waals surface area contributed by atoms with Crippen LogP contribution in [0, 0.1) is 0 Å². The number of allylic oxidation sites excluding steroid dienone is 1. The van der Waals surface area contributed by atoms with Gasteiger partial charge in [0.2, 0.25) is 6.43 Å². The van der Waals surface area contributed by atoms with Crippen molar-refractivity contribution in [2.75, 3.05) is 0 Å². The Kier molecular flexibility index (Phi) is 4.52. The number of carboxylic acid groups (broad SMARTS) is 1. The number of alkyl halides is 2. The molecule has 5 heteroatoms. The first-order chi connectivity index (χ1) is 5.07. The van der Waals surface area contributed by atoms with Crippen molar-refractivity contribution in [2.24, 2.45) is 0 Å². The van der Waals surface area contributed by atoms with E-state index in [1.165, 1.54) is 0 Å². The van der Waals surface area contributed by atoms with E-state index in [2.05, 4.69) is 12.2 Å². The Labute approximate surface area is 67.5 Å². The van der Waals surface area contributed by atoms with Crippen LogP contribution in [0.5, 0.6) is 0 Å². The van der Waals surface area contributed by atoms with E-state index in [4.69, 9.17) is 5.11 Å². The third-order valence-corrected chi connectivity index (χ3v) is 1.05. The Morgan fingerprint density at radius 3 is 2.45 bits per heavy atom. The van der Waals surface area contributed by atoms with Crippen LogP contribution in [0.1, 0.15) is 6.42 Å². The topological polar surface area (TPSA) is 37.3 Å². The van der Waals surface area contributed by atoms with E-state index in [1.54, 1.807) is 0 Å². The monoisotopic (exact) mass is 180 g/mol. The van der Waals surface area contributed by atoms with Crippen molar-refractivity contribution in [3.05, 3.63) is 11.6 Å². The maximum absolute atomic E-state index is 11.6. The molecule has 0 aliphatic carbocycles. The molecule has 0 aromatic rings. The highest BCUT2D eigenvalue weighted by atomic mass is 32.1. The Balaban J connectivity index is 4.23. The number of hydrogen-bond donors (Lipinski definition) is 1. The predicted octanol–water partition coefficient (Wildman–Crippen LogP) is 1.65. The standard InChI is InChI=1S/C6H6F2O2S/c7-5(8)3-4(1-2-11)6(9)10/h1-2,5H,3H2,(H,9,10)/b4-1+. The summed E-state index contributed by atoms with van der Waals surface area (Å²) in [7, 11) is 0. The van der Waals surface area contributed by atoms with Gasteiger partial charge in [-0.05, 0) is 6.08 Å². The number of aliphatic carboxylic acids is 1. The van der Waals surface area contributed by atoms with Crippen molar-refractivity contribution >= 4 is 23.6 Å². The predicted molar refractivity (Wildman–Crippen MR) is 40.0 cm³/mol. The van der Waals surface area contributed by atoms with Crippen molar-refractivity contribution in [2.45, 2.75) is 12.8 Å². The van der Waals surface area contributed by atoms with E-state index in [9.17, 15) is 13.6 Å². The van der Waals surface area contributed by atoms with E-state index in [-0.39, 0.29) is 5.57 Å². The maximum Gasteiger partial charge on any atom is 0.331 e. The van der Waals surface area contributed by atoms with Gasteiger partial charge < -0.3 is 5.11 Å². The highest BCUT2D eigenvalue weighted by Gasteiger charge is 2.12. The molecule has 0 spiro atoms. The summed E-state index contributed by atoms with van der Waals surface area (Å²) in [6, 6.07) is 0. The van der Waals surface area contributed by atoms with Gasteiger partial charge in [0, 0.05) is 17.4 Å². The molecule has 0 rings (SSSR count). The number of hydrogen-bond acceptors (Lipinski definition) is 2. The van der Waals surface area contributed by atoms with E-state index in [0.29, 0.717) is 0 Å². The third kappa shape index (κ3) is 4.55. The summed E-state index contributed by atoms with van der Waals surface area (Å²) in [4.78, 5) is 10.2. The van der Waals surface area contributed by atoms with E-state index < -0.39 is 18.8 Å². The fourth-order valence-corrected chi connectivity index (χ4v) is 0.639. The first-order valence-corrected chi connectivity index (χ1v) is 3.21. The lowest BCUT2D eigenvalue weighted by Crippen LogP contribution is -2.05. The summed E-state index contributed by atoms with van der Waals surface area (Å²) in [5.41, 5.74) is -0.366. The molecule has 0 heterocycles. The van der Waals surface area contributed by atoms with Crippen molar-refractivity contribution in [1.82, 2.24) is 0 Å². The minimum absolute atomic E-state index is 0.366. The average molecular weight is 180 g/mol. The lowest BCUT2D eigenvalue weighted by Gasteiger charge is -1.98. The molecule has 1 N–H and O–H groups in total. The minimum atomic E-state index is -2.65. The van der Waals surface area contributed by atoms with Crippen LogP contribution in [0.4, 0.5) is 8.78 Å². The van der Waals surface area contributed by atoms with Crippen molar-refractivity contribution < 1.29 is 18.7 Å². The highest BCUT2D eigenvalue weighted by Crippen LogP contribution is 2.09. The molecule has 0 bridgehead atoms. The molecule has 0 aromatic carbocycles. The van der Waals surface area contributed by atoms with Gasteiger partial charge >= 0.3 is 5.97 Å². The van der Waals surface area contributed by atoms with Gasteiger partial charge in [-0.25, -0.2) is 13.6 Å². The van der Waals surface area contributed by atoms with Gasteiger partial charge in [-0.3, -0.25) is 0 Å². The first kappa shape index (κ1) is 10.2. The maximum atomic E-state index is 11.6. The molecule has 0 amide bonds. The molecule has 0 saturated carbocycles. The van der Waals surface area contributed by atoms with Crippen LogP contribution in [0.15, 0.2) is 11.6 Å². The Hall–Kier alpha value is -0.840. The van der Waals surface area contributed by atoms with Crippen LogP contribution in [0.2, 0.25) is 0 Å². The zero-order valence-electron chi connectivity index (χ0n) is 5.46. The molecule has 11 heavy (non-hydrogen) atoms. The Morgan fingerprint density at radius 2 is 2.18 bits per heavy atom. The number of rotatable bonds is 4. The van der Waals surface area contributed by atoms with Gasteiger partial charge in [0.15, 0.2) is 0 Å². The molecule has 2 nitrogen and oxygen atoms in total. The quantitative estimate of drug-likeness (QED) is 0.528. The van der Waals surface area contributed by atoms with E-state index in [1.807, 2.05) is 0 Å². The second kappa shape index (κ2) is 4.90. The smallest absolute Gasteiger partial charge is 0.331 e. The fraction of sp³-hybridized carbons (Fsp3) is 0.333. The van der Waals surface area contributed by atoms with Crippen molar-refractivity contribution in [1.29, 1.82) is 0 Å². The van der Waals surface area contributed by atoms with Crippen LogP contribution in [0.25, 0.3) is 0 Å². The van der Waals surface area contributed by atoms with Crippen LogP contribution in [-0.2, 0) is 4.79 Å². The molecule has 0 aliphatic heterocycles. The minimum Gasteiger partial charge on any atom is -0.478 e. The molecule has 0 unspecified atom stereocenters. The Morgan fingerprint density at radius 1 is 1.64 bits per heavy atom. The number of thiocarbonyl (C=S) groups is 1. The molecule has 0 aliphatic rings. The zero-order chi connectivity index (χ0) is 8.85. The highest BCUT2D eigenvalue weighted by molar-refractivity contribution is 7.79. The SMILES string of the molecule is O=C(O)/C(=C/C=S)CC(F)F. The lowest BCUT2D eigenvalue weighted by atomic mass is 10.2. The summed E-state index contributed by atoms with van der Waals surface area (Å²) in [5, 5.41) is 9.29. The van der Waals surface area contributed by atoms with Crippen molar-refractivity contribution in [3.8, 4) is 0 Å². The second-order valence-corrected chi connectivity index (χ2v) is 2.00. The van der Waals surface area contributed by atoms with Gasteiger partial charge in [-0.1, -0.05) is 12.2 Å². The summed E-state index contributed by atoms with van der Waals surface area (Å²) in [5.74, 6) is -1.36. The molecule has 0 radical (unpaired) electrons. The number of carboxylic acids is 1. The lowest BCUT2D eigenvalue weighted by molar-refractivity contribution is -0.133. The largest absolute Gasteiger partial charge is 0.478 e. The van der Waals surface area contributed by atoms with E-state index in [0.717, 1.165) is 11.4 Å². The van der Waals surface area contributed by atoms with Crippen LogP contribution in [0.3, 0.4) is 0 Å².